The topological polar surface area (TPSA) is 116 Å². The van der Waals surface area contributed by atoms with Gasteiger partial charge in [0.1, 0.15) is 5.82 Å². The second-order valence-corrected chi connectivity index (χ2v) is 8.84. The van der Waals surface area contributed by atoms with E-state index in [0.29, 0.717) is 36.5 Å². The highest BCUT2D eigenvalue weighted by molar-refractivity contribution is 5.80. The first-order chi connectivity index (χ1) is 18.0. The van der Waals surface area contributed by atoms with E-state index in [1.54, 1.807) is 4.57 Å². The molecule has 0 radical (unpaired) electrons. The fourth-order valence-electron chi connectivity index (χ4n) is 4.55. The van der Waals surface area contributed by atoms with Gasteiger partial charge in [-0.1, -0.05) is 67.6 Å². The summed E-state index contributed by atoms with van der Waals surface area (Å²) in [5.41, 5.74) is 4.12. The van der Waals surface area contributed by atoms with Crippen LogP contribution in [0.2, 0.25) is 0 Å². The normalized spacial score (nSPS) is 11.6. The third-order valence-corrected chi connectivity index (χ3v) is 6.41. The van der Waals surface area contributed by atoms with Crippen molar-refractivity contribution < 1.29 is 0 Å². The third kappa shape index (κ3) is 4.42. The van der Waals surface area contributed by atoms with Crippen LogP contribution in [0.3, 0.4) is 0 Å². The zero-order chi connectivity index (χ0) is 25.9. The predicted molar refractivity (Wildman–Crippen MR) is 142 cm³/mol. The largest absolute Gasteiger partial charge is 0.332 e. The SMILES string of the molecule is CC=CCc1nc2c(c(=O)n(C)c(=O)n2CCC)n1Cc1ccc(-c2ccccc2-c2nn[nH]n2)cc1. The van der Waals surface area contributed by atoms with Crippen LogP contribution in [0.25, 0.3) is 33.7 Å². The molecule has 0 aliphatic rings. The lowest BCUT2D eigenvalue weighted by atomic mass is 9.98. The Labute approximate surface area is 212 Å². The van der Waals surface area contributed by atoms with Gasteiger partial charge < -0.3 is 4.57 Å². The molecule has 0 saturated heterocycles. The Morgan fingerprint density at radius 3 is 2.43 bits per heavy atom. The standard InChI is InChI=1S/C27H28N8O2/c1-4-6-11-22-28-25-23(26(36)33(3)27(37)34(25)16-5-2)35(22)17-18-12-14-19(15-13-18)20-9-7-8-10-21(20)24-29-31-32-30-24/h4,6-10,12-15H,5,11,16-17H2,1-3H3,(H,29,30,31,32). The van der Waals surface area contributed by atoms with E-state index in [9.17, 15) is 9.59 Å². The van der Waals surface area contributed by atoms with Crippen LogP contribution in [0.5, 0.6) is 0 Å². The second kappa shape index (κ2) is 10.2. The molecule has 0 fully saturated rings. The molecule has 0 atom stereocenters. The van der Waals surface area contributed by atoms with E-state index in [2.05, 4.69) is 20.6 Å². The van der Waals surface area contributed by atoms with Crippen LogP contribution in [-0.4, -0.2) is 39.3 Å². The summed E-state index contributed by atoms with van der Waals surface area (Å²) >= 11 is 0. The Morgan fingerprint density at radius 1 is 1.00 bits per heavy atom. The van der Waals surface area contributed by atoms with Crippen LogP contribution in [0, 0.1) is 0 Å². The van der Waals surface area contributed by atoms with Crippen molar-refractivity contribution in [3.8, 4) is 22.5 Å². The Morgan fingerprint density at radius 2 is 1.76 bits per heavy atom. The summed E-state index contributed by atoms with van der Waals surface area (Å²) in [5.74, 6) is 1.28. The molecule has 0 aliphatic heterocycles. The van der Waals surface area contributed by atoms with E-state index < -0.39 is 0 Å². The summed E-state index contributed by atoms with van der Waals surface area (Å²) in [7, 11) is 1.52. The molecule has 0 bridgehead atoms. The fraction of sp³-hybridized carbons (Fsp3) is 0.259. The quantitative estimate of drug-likeness (QED) is 0.330. The van der Waals surface area contributed by atoms with Gasteiger partial charge >= 0.3 is 5.69 Å². The number of aromatic nitrogens is 8. The van der Waals surface area contributed by atoms with Gasteiger partial charge in [-0.2, -0.15) is 5.21 Å². The van der Waals surface area contributed by atoms with Gasteiger partial charge in [-0.3, -0.25) is 13.9 Å². The Kier molecular flexibility index (Phi) is 6.63. The van der Waals surface area contributed by atoms with E-state index in [-0.39, 0.29) is 11.2 Å². The van der Waals surface area contributed by atoms with E-state index in [1.165, 1.54) is 11.6 Å². The summed E-state index contributed by atoms with van der Waals surface area (Å²) < 4.78 is 4.71. The number of fused-ring (bicyclic) bond motifs is 1. The van der Waals surface area contributed by atoms with Gasteiger partial charge in [0.2, 0.25) is 5.82 Å². The first-order valence-corrected chi connectivity index (χ1v) is 12.3. The Balaban J connectivity index is 1.58. The lowest BCUT2D eigenvalue weighted by Crippen LogP contribution is -2.38. The van der Waals surface area contributed by atoms with E-state index in [0.717, 1.165) is 34.5 Å². The number of hydrogen-bond acceptors (Lipinski definition) is 6. The van der Waals surface area contributed by atoms with Crippen molar-refractivity contribution in [1.29, 1.82) is 0 Å². The van der Waals surface area contributed by atoms with E-state index in [4.69, 9.17) is 4.98 Å². The number of benzene rings is 2. The Hall–Kier alpha value is -4.60. The highest BCUT2D eigenvalue weighted by Gasteiger charge is 2.20. The van der Waals surface area contributed by atoms with Crippen molar-refractivity contribution in [1.82, 2.24) is 39.3 Å². The van der Waals surface area contributed by atoms with Crippen LogP contribution in [0.4, 0.5) is 0 Å². The fourth-order valence-corrected chi connectivity index (χ4v) is 4.55. The summed E-state index contributed by atoms with van der Waals surface area (Å²) in [6, 6.07) is 16.1. The molecular weight excluding hydrogens is 468 g/mol. The summed E-state index contributed by atoms with van der Waals surface area (Å²) in [5, 5.41) is 14.4. The number of H-pyrrole nitrogens is 1. The molecule has 0 spiro atoms. The molecule has 10 nitrogen and oxygen atoms in total. The monoisotopic (exact) mass is 496 g/mol. The number of aromatic amines is 1. The molecule has 37 heavy (non-hydrogen) atoms. The first-order valence-electron chi connectivity index (χ1n) is 12.3. The maximum Gasteiger partial charge on any atom is 0.332 e. The van der Waals surface area contributed by atoms with Gasteiger partial charge in [-0.15, -0.1) is 10.2 Å². The molecule has 10 heteroatoms. The smallest absolute Gasteiger partial charge is 0.317 e. The Bertz CT molecular complexity index is 1690. The van der Waals surface area contributed by atoms with Crippen molar-refractivity contribution in [3.05, 3.63) is 92.9 Å². The minimum absolute atomic E-state index is 0.336. The molecule has 3 aromatic heterocycles. The number of imidazole rings is 1. The number of rotatable bonds is 8. The van der Waals surface area contributed by atoms with Crippen molar-refractivity contribution in [2.24, 2.45) is 7.05 Å². The first kappa shape index (κ1) is 24.1. The van der Waals surface area contributed by atoms with E-state index >= 15 is 0 Å². The zero-order valence-corrected chi connectivity index (χ0v) is 21.0. The van der Waals surface area contributed by atoms with Gasteiger partial charge in [0, 0.05) is 32.1 Å². The molecule has 0 aliphatic carbocycles. The summed E-state index contributed by atoms with van der Waals surface area (Å²) in [4.78, 5) is 30.8. The molecule has 3 heterocycles. The average Bonchev–Trinajstić information content (AvgIpc) is 3.58. The maximum atomic E-state index is 13.2. The van der Waals surface area contributed by atoms with Crippen molar-refractivity contribution in [2.45, 2.75) is 39.8 Å². The molecule has 1 N–H and O–H groups in total. The molecule has 0 amide bonds. The van der Waals surface area contributed by atoms with Crippen LogP contribution in [0.1, 0.15) is 31.7 Å². The molecule has 0 saturated carbocycles. The predicted octanol–water partition coefficient (Wildman–Crippen LogP) is 3.32. The molecule has 2 aromatic carbocycles. The van der Waals surface area contributed by atoms with Crippen molar-refractivity contribution in [3.63, 3.8) is 0 Å². The van der Waals surface area contributed by atoms with Crippen LogP contribution < -0.4 is 11.2 Å². The van der Waals surface area contributed by atoms with Gasteiger partial charge in [-0.25, -0.2) is 9.78 Å². The van der Waals surface area contributed by atoms with Gasteiger partial charge in [0.05, 0.1) is 0 Å². The number of nitrogens with one attached hydrogen (secondary N) is 1. The average molecular weight is 497 g/mol. The number of tetrazole rings is 1. The van der Waals surface area contributed by atoms with E-state index in [1.807, 2.05) is 79.1 Å². The molecule has 5 rings (SSSR count). The van der Waals surface area contributed by atoms with Gasteiger partial charge in [0.15, 0.2) is 11.2 Å². The molecular formula is C27H28N8O2. The summed E-state index contributed by atoms with van der Waals surface area (Å²) in [6.07, 6.45) is 5.28. The number of aryl methyl sites for hydroxylation is 1. The van der Waals surface area contributed by atoms with Gasteiger partial charge in [0.25, 0.3) is 5.56 Å². The van der Waals surface area contributed by atoms with Crippen LogP contribution in [-0.2, 0) is 26.6 Å². The maximum absolute atomic E-state index is 13.2. The zero-order valence-electron chi connectivity index (χ0n) is 21.0. The van der Waals surface area contributed by atoms with Crippen LogP contribution in [0.15, 0.2) is 70.3 Å². The van der Waals surface area contributed by atoms with Crippen molar-refractivity contribution in [2.75, 3.05) is 0 Å². The minimum Gasteiger partial charge on any atom is -0.317 e. The van der Waals surface area contributed by atoms with Crippen LogP contribution >= 0.6 is 0 Å². The highest BCUT2D eigenvalue weighted by Crippen LogP contribution is 2.30. The second-order valence-electron chi connectivity index (χ2n) is 8.84. The molecule has 5 aromatic rings. The lowest BCUT2D eigenvalue weighted by Gasteiger charge is -2.12. The third-order valence-electron chi connectivity index (χ3n) is 6.41. The lowest BCUT2D eigenvalue weighted by molar-refractivity contribution is 0.609. The number of hydrogen-bond donors (Lipinski definition) is 1. The molecule has 0 unspecified atom stereocenters. The minimum atomic E-state index is -0.341. The van der Waals surface area contributed by atoms with Crippen molar-refractivity contribution >= 4 is 11.2 Å². The molecule has 188 valence electrons. The van der Waals surface area contributed by atoms with Gasteiger partial charge in [-0.05, 0) is 35.2 Å². The summed E-state index contributed by atoms with van der Waals surface area (Å²) in [6.45, 7) is 4.90. The number of nitrogens with zero attached hydrogens (tertiary/aromatic N) is 7. The highest BCUT2D eigenvalue weighted by atomic mass is 16.2. The number of allylic oxidation sites excluding steroid dienone is 2.